The van der Waals surface area contributed by atoms with Crippen LogP contribution >= 0.6 is 0 Å². The summed E-state index contributed by atoms with van der Waals surface area (Å²) in [6.07, 6.45) is -0.295. The Bertz CT molecular complexity index is 410. The van der Waals surface area contributed by atoms with Crippen LogP contribution in [0.15, 0.2) is 0 Å². The Balaban J connectivity index is 4.79. The summed E-state index contributed by atoms with van der Waals surface area (Å²) in [4.78, 5) is 46.1. The van der Waals surface area contributed by atoms with Gasteiger partial charge < -0.3 is 25.8 Å². The van der Waals surface area contributed by atoms with E-state index in [1.165, 1.54) is 7.11 Å². The predicted octanol–water partition coefficient (Wildman–Crippen LogP) is -0.702. The van der Waals surface area contributed by atoms with E-state index in [1.807, 2.05) is 0 Å². The van der Waals surface area contributed by atoms with Crippen LogP contribution < -0.4 is 11.1 Å². The number of amides is 3. The van der Waals surface area contributed by atoms with Gasteiger partial charge in [0.2, 0.25) is 5.91 Å². The minimum atomic E-state index is -1.29. The number of nitrogens with zero attached hydrogens (tertiary/aromatic N) is 1. The molecule has 9 heteroatoms. The number of carbonyl (C=O) groups is 4. The molecule has 0 bridgehead atoms. The van der Waals surface area contributed by atoms with E-state index in [1.54, 1.807) is 13.8 Å². The third-order valence-corrected chi connectivity index (χ3v) is 2.69. The Morgan fingerprint density at radius 2 is 1.86 bits per heavy atom. The molecule has 0 spiro atoms. The summed E-state index contributed by atoms with van der Waals surface area (Å²) >= 11 is 0. The lowest BCUT2D eigenvalue weighted by Crippen LogP contribution is -2.51. The molecule has 21 heavy (non-hydrogen) atoms. The van der Waals surface area contributed by atoms with Gasteiger partial charge in [0.15, 0.2) is 0 Å². The zero-order valence-electron chi connectivity index (χ0n) is 12.3. The van der Waals surface area contributed by atoms with Crippen LogP contribution in [0.25, 0.3) is 0 Å². The molecule has 0 saturated heterocycles. The van der Waals surface area contributed by atoms with Crippen LogP contribution in [0.2, 0.25) is 0 Å². The number of rotatable bonds is 8. The van der Waals surface area contributed by atoms with Gasteiger partial charge in [-0.2, -0.15) is 0 Å². The van der Waals surface area contributed by atoms with Gasteiger partial charge in [0.05, 0.1) is 7.11 Å². The number of hydrogen-bond acceptors (Lipinski definition) is 5. The quantitative estimate of drug-likeness (QED) is 0.507. The molecule has 0 aliphatic carbocycles. The number of urea groups is 1. The van der Waals surface area contributed by atoms with E-state index in [4.69, 9.17) is 10.8 Å². The number of carboxylic acid groups (broad SMARTS) is 1. The van der Waals surface area contributed by atoms with Crippen LogP contribution in [-0.4, -0.2) is 59.6 Å². The fourth-order valence-corrected chi connectivity index (χ4v) is 1.47. The number of carboxylic acids is 1. The molecule has 0 fully saturated rings. The van der Waals surface area contributed by atoms with Crippen LogP contribution in [0.3, 0.4) is 0 Å². The van der Waals surface area contributed by atoms with Gasteiger partial charge in [-0.3, -0.25) is 9.59 Å². The molecule has 4 N–H and O–H groups in total. The van der Waals surface area contributed by atoms with Crippen molar-refractivity contribution >= 4 is 23.9 Å². The second-order valence-electron chi connectivity index (χ2n) is 4.64. The third-order valence-electron chi connectivity index (χ3n) is 2.69. The van der Waals surface area contributed by atoms with E-state index in [0.717, 1.165) is 4.90 Å². The lowest BCUT2D eigenvalue weighted by Gasteiger charge is -2.27. The first kappa shape index (κ1) is 18.7. The van der Waals surface area contributed by atoms with Crippen molar-refractivity contribution in [2.75, 3.05) is 13.7 Å². The Labute approximate surface area is 122 Å². The molecule has 0 aromatic heterocycles. The van der Waals surface area contributed by atoms with Gasteiger partial charge >= 0.3 is 18.0 Å². The molecule has 0 rings (SSSR count). The van der Waals surface area contributed by atoms with E-state index in [0.29, 0.717) is 0 Å². The molecule has 0 radical (unpaired) electrons. The van der Waals surface area contributed by atoms with Gasteiger partial charge in [-0.1, -0.05) is 0 Å². The first-order valence-corrected chi connectivity index (χ1v) is 6.34. The highest BCUT2D eigenvalue weighted by Crippen LogP contribution is 2.03. The first-order chi connectivity index (χ1) is 9.68. The first-order valence-electron chi connectivity index (χ1n) is 6.34. The highest BCUT2D eigenvalue weighted by atomic mass is 16.5. The van der Waals surface area contributed by atoms with E-state index >= 15 is 0 Å². The number of ether oxygens (including phenoxy) is 1. The third kappa shape index (κ3) is 7.14. The molecule has 0 unspecified atom stereocenters. The summed E-state index contributed by atoms with van der Waals surface area (Å²) in [7, 11) is 1.19. The molecule has 3 amide bonds. The van der Waals surface area contributed by atoms with Crippen LogP contribution in [-0.2, 0) is 19.1 Å². The summed E-state index contributed by atoms with van der Waals surface area (Å²) in [6.45, 7) is 3.03. The Kier molecular flexibility index (Phi) is 7.80. The summed E-state index contributed by atoms with van der Waals surface area (Å²) < 4.78 is 4.47. The molecule has 0 aliphatic heterocycles. The SMILES string of the molecule is COC(=O)CN(C(=O)N[C@H](CCC(N)=O)C(=O)O)C(C)C. The minimum Gasteiger partial charge on any atom is -0.480 e. The molecule has 0 aromatic rings. The Hall–Kier alpha value is -2.32. The van der Waals surface area contributed by atoms with Crippen molar-refractivity contribution < 1.29 is 29.0 Å². The maximum Gasteiger partial charge on any atom is 0.326 e. The molecule has 0 saturated carbocycles. The largest absolute Gasteiger partial charge is 0.480 e. The highest BCUT2D eigenvalue weighted by Gasteiger charge is 2.26. The average molecular weight is 303 g/mol. The molecule has 0 heterocycles. The number of esters is 1. The van der Waals surface area contributed by atoms with Crippen molar-refractivity contribution in [1.29, 1.82) is 0 Å². The maximum absolute atomic E-state index is 12.0. The average Bonchev–Trinajstić information content (AvgIpc) is 2.38. The smallest absolute Gasteiger partial charge is 0.326 e. The monoisotopic (exact) mass is 303 g/mol. The van der Waals surface area contributed by atoms with Gasteiger partial charge in [0, 0.05) is 12.5 Å². The van der Waals surface area contributed by atoms with E-state index in [2.05, 4.69) is 10.1 Å². The molecule has 9 nitrogen and oxygen atoms in total. The van der Waals surface area contributed by atoms with Crippen molar-refractivity contribution in [3.05, 3.63) is 0 Å². The number of nitrogens with two attached hydrogens (primary N) is 1. The lowest BCUT2D eigenvalue weighted by molar-refractivity contribution is -0.141. The summed E-state index contributed by atoms with van der Waals surface area (Å²) in [5.41, 5.74) is 4.95. The van der Waals surface area contributed by atoms with Crippen molar-refractivity contribution in [3.8, 4) is 0 Å². The lowest BCUT2D eigenvalue weighted by atomic mass is 10.1. The van der Waals surface area contributed by atoms with Gasteiger partial charge in [-0.25, -0.2) is 9.59 Å². The van der Waals surface area contributed by atoms with Crippen molar-refractivity contribution in [2.45, 2.75) is 38.8 Å². The molecule has 0 aliphatic rings. The second kappa shape index (κ2) is 8.77. The zero-order chi connectivity index (χ0) is 16.6. The van der Waals surface area contributed by atoms with Crippen LogP contribution in [0.1, 0.15) is 26.7 Å². The van der Waals surface area contributed by atoms with Gasteiger partial charge in [0.1, 0.15) is 12.6 Å². The molecule has 1 atom stereocenters. The van der Waals surface area contributed by atoms with E-state index < -0.39 is 29.9 Å². The van der Waals surface area contributed by atoms with Gasteiger partial charge in [-0.15, -0.1) is 0 Å². The summed E-state index contributed by atoms with van der Waals surface area (Å²) in [5.74, 6) is -2.57. The number of hydrogen-bond donors (Lipinski definition) is 3. The van der Waals surface area contributed by atoms with Crippen LogP contribution in [0, 0.1) is 0 Å². The van der Waals surface area contributed by atoms with Crippen molar-refractivity contribution in [2.24, 2.45) is 5.73 Å². The fourth-order valence-electron chi connectivity index (χ4n) is 1.47. The molecule has 120 valence electrons. The van der Waals surface area contributed by atoms with E-state index in [9.17, 15) is 19.2 Å². The van der Waals surface area contributed by atoms with Crippen molar-refractivity contribution in [3.63, 3.8) is 0 Å². The van der Waals surface area contributed by atoms with Crippen LogP contribution in [0.4, 0.5) is 4.79 Å². The fraction of sp³-hybridized carbons (Fsp3) is 0.667. The molecular formula is C12H21N3O6. The number of carbonyl (C=O) groups excluding carboxylic acids is 3. The number of methoxy groups -OCH3 is 1. The molecule has 0 aromatic carbocycles. The summed E-state index contributed by atoms with van der Waals surface area (Å²) in [6, 6.07) is -2.33. The minimum absolute atomic E-state index is 0.124. The Morgan fingerprint density at radius 3 is 2.24 bits per heavy atom. The zero-order valence-corrected chi connectivity index (χ0v) is 12.3. The topological polar surface area (TPSA) is 139 Å². The number of aliphatic carboxylic acids is 1. The van der Waals surface area contributed by atoms with Crippen LogP contribution in [0.5, 0.6) is 0 Å². The standard InChI is InChI=1S/C12H21N3O6/c1-7(2)15(6-10(17)21-3)12(20)14-8(11(18)19)4-5-9(13)16/h7-8H,4-6H2,1-3H3,(H2,13,16)(H,14,20)(H,18,19)/t8-/m1/s1. The normalized spacial score (nSPS) is 11.6. The van der Waals surface area contributed by atoms with Gasteiger partial charge in [-0.05, 0) is 20.3 Å². The predicted molar refractivity (Wildman–Crippen MR) is 72.2 cm³/mol. The summed E-state index contributed by atoms with van der Waals surface area (Å²) in [5, 5.41) is 11.3. The number of primary amides is 1. The Morgan fingerprint density at radius 1 is 1.29 bits per heavy atom. The van der Waals surface area contributed by atoms with E-state index in [-0.39, 0.29) is 25.4 Å². The highest BCUT2D eigenvalue weighted by molar-refractivity contribution is 5.85. The van der Waals surface area contributed by atoms with Gasteiger partial charge in [0.25, 0.3) is 0 Å². The number of nitrogens with one attached hydrogen (secondary N) is 1. The maximum atomic E-state index is 12.0. The molecular weight excluding hydrogens is 282 g/mol. The second-order valence-corrected chi connectivity index (χ2v) is 4.64. The van der Waals surface area contributed by atoms with Crippen molar-refractivity contribution in [1.82, 2.24) is 10.2 Å².